The zero-order chi connectivity index (χ0) is 14.1. The molecule has 3 rings (SSSR count). The van der Waals surface area contributed by atoms with E-state index in [0.29, 0.717) is 23.7 Å². The summed E-state index contributed by atoms with van der Waals surface area (Å²) >= 11 is 0. The first kappa shape index (κ1) is 12.8. The summed E-state index contributed by atoms with van der Waals surface area (Å²) in [5.41, 5.74) is 1.80. The van der Waals surface area contributed by atoms with Gasteiger partial charge in [-0.3, -0.25) is 9.48 Å². The first-order valence-corrected chi connectivity index (χ1v) is 6.71. The Morgan fingerprint density at radius 1 is 1.45 bits per heavy atom. The summed E-state index contributed by atoms with van der Waals surface area (Å²) in [6.45, 7) is 0.713. The molecule has 0 saturated heterocycles. The van der Waals surface area contributed by atoms with E-state index >= 15 is 0 Å². The average molecular weight is 273 g/mol. The van der Waals surface area contributed by atoms with Crippen LogP contribution in [0.15, 0.2) is 30.3 Å². The van der Waals surface area contributed by atoms with E-state index in [1.165, 1.54) is 25.0 Å². The molecule has 0 radical (unpaired) electrons. The molecule has 2 aromatic rings. The van der Waals surface area contributed by atoms with Crippen LogP contribution in [0, 0.1) is 11.7 Å². The van der Waals surface area contributed by atoms with Gasteiger partial charge in [0, 0.05) is 19.2 Å². The minimum absolute atomic E-state index is 0.171. The van der Waals surface area contributed by atoms with E-state index in [-0.39, 0.29) is 11.7 Å². The second kappa shape index (κ2) is 5.07. The third-order valence-corrected chi connectivity index (χ3v) is 3.48. The number of amides is 1. The van der Waals surface area contributed by atoms with Crippen LogP contribution in [0.5, 0.6) is 0 Å². The van der Waals surface area contributed by atoms with Crippen molar-refractivity contribution in [3.8, 4) is 11.3 Å². The van der Waals surface area contributed by atoms with E-state index in [2.05, 4.69) is 10.4 Å². The molecule has 104 valence electrons. The lowest BCUT2D eigenvalue weighted by atomic mass is 10.1. The van der Waals surface area contributed by atoms with Crippen molar-refractivity contribution in [1.82, 2.24) is 15.1 Å². The number of aryl methyl sites for hydroxylation is 1. The fourth-order valence-electron chi connectivity index (χ4n) is 2.15. The number of carbonyl (C=O) groups is 1. The number of halogens is 1. The van der Waals surface area contributed by atoms with Gasteiger partial charge in [-0.25, -0.2) is 4.39 Å². The first-order chi connectivity index (χ1) is 9.63. The molecule has 0 spiro atoms. The number of carbonyl (C=O) groups excluding carboxylic acids is 1. The standard InChI is InChI=1S/C15H16FN3O/c1-19-14(11-3-2-4-12(16)7-11)8-13(18-19)15(20)17-9-10-5-6-10/h2-4,7-8,10H,5-6,9H2,1H3,(H,17,20). The van der Waals surface area contributed by atoms with Crippen molar-refractivity contribution in [2.24, 2.45) is 13.0 Å². The van der Waals surface area contributed by atoms with Gasteiger partial charge in [-0.15, -0.1) is 0 Å². The van der Waals surface area contributed by atoms with Crippen LogP contribution >= 0.6 is 0 Å². The van der Waals surface area contributed by atoms with Crippen LogP contribution in [0.25, 0.3) is 11.3 Å². The van der Waals surface area contributed by atoms with Gasteiger partial charge in [0.25, 0.3) is 5.91 Å². The maximum absolute atomic E-state index is 13.3. The molecule has 1 aromatic carbocycles. The van der Waals surface area contributed by atoms with Gasteiger partial charge in [0.15, 0.2) is 5.69 Å². The molecule has 0 unspecified atom stereocenters. The number of hydrogen-bond donors (Lipinski definition) is 1. The second-order valence-corrected chi connectivity index (χ2v) is 5.20. The van der Waals surface area contributed by atoms with Crippen LogP contribution in [-0.2, 0) is 7.05 Å². The normalized spacial score (nSPS) is 14.3. The Morgan fingerprint density at radius 2 is 2.25 bits per heavy atom. The number of nitrogens with one attached hydrogen (secondary N) is 1. The molecule has 1 aliphatic rings. The molecule has 1 N–H and O–H groups in total. The van der Waals surface area contributed by atoms with Crippen LogP contribution in [0.3, 0.4) is 0 Å². The van der Waals surface area contributed by atoms with Crippen molar-refractivity contribution >= 4 is 5.91 Å². The molecule has 0 bridgehead atoms. The van der Waals surface area contributed by atoms with Gasteiger partial charge in [0.2, 0.25) is 0 Å². The molecule has 1 aliphatic carbocycles. The number of rotatable bonds is 4. The van der Waals surface area contributed by atoms with Crippen molar-refractivity contribution in [2.75, 3.05) is 6.54 Å². The summed E-state index contributed by atoms with van der Waals surface area (Å²) in [5, 5.41) is 7.07. The first-order valence-electron chi connectivity index (χ1n) is 6.71. The van der Waals surface area contributed by atoms with Crippen molar-refractivity contribution in [2.45, 2.75) is 12.8 Å². The Bertz CT molecular complexity index is 646. The largest absolute Gasteiger partial charge is 0.350 e. The molecule has 1 heterocycles. The van der Waals surface area contributed by atoms with E-state index < -0.39 is 0 Å². The molecule has 1 saturated carbocycles. The van der Waals surface area contributed by atoms with E-state index in [0.717, 1.165) is 5.69 Å². The lowest BCUT2D eigenvalue weighted by Crippen LogP contribution is -2.25. The maximum atomic E-state index is 13.3. The lowest BCUT2D eigenvalue weighted by Gasteiger charge is -2.00. The number of hydrogen-bond acceptors (Lipinski definition) is 2. The van der Waals surface area contributed by atoms with Crippen molar-refractivity contribution in [3.05, 3.63) is 41.8 Å². The molecular weight excluding hydrogens is 257 g/mol. The van der Waals surface area contributed by atoms with E-state index in [4.69, 9.17) is 0 Å². The van der Waals surface area contributed by atoms with Gasteiger partial charge in [-0.1, -0.05) is 12.1 Å². The van der Waals surface area contributed by atoms with Crippen molar-refractivity contribution in [3.63, 3.8) is 0 Å². The Hall–Kier alpha value is -2.17. The zero-order valence-corrected chi connectivity index (χ0v) is 11.3. The average Bonchev–Trinajstić information content (AvgIpc) is 3.17. The predicted molar refractivity (Wildman–Crippen MR) is 73.7 cm³/mol. The minimum atomic E-state index is -0.302. The summed E-state index contributed by atoms with van der Waals surface area (Å²) in [6, 6.07) is 7.96. The van der Waals surface area contributed by atoms with Crippen molar-refractivity contribution in [1.29, 1.82) is 0 Å². The predicted octanol–water partition coefficient (Wildman–Crippen LogP) is 2.37. The third-order valence-electron chi connectivity index (χ3n) is 3.48. The Morgan fingerprint density at radius 3 is 2.95 bits per heavy atom. The van der Waals surface area contributed by atoms with Gasteiger partial charge in [0.05, 0.1) is 5.69 Å². The van der Waals surface area contributed by atoms with Gasteiger partial charge < -0.3 is 5.32 Å². The number of nitrogens with zero attached hydrogens (tertiary/aromatic N) is 2. The van der Waals surface area contributed by atoms with E-state index in [1.54, 1.807) is 29.9 Å². The summed E-state index contributed by atoms with van der Waals surface area (Å²) < 4.78 is 14.9. The van der Waals surface area contributed by atoms with Crippen LogP contribution in [0.2, 0.25) is 0 Å². The zero-order valence-electron chi connectivity index (χ0n) is 11.3. The van der Waals surface area contributed by atoms with E-state index in [9.17, 15) is 9.18 Å². The fraction of sp³-hybridized carbons (Fsp3) is 0.333. The Kier molecular flexibility index (Phi) is 3.26. The second-order valence-electron chi connectivity index (χ2n) is 5.20. The summed E-state index contributed by atoms with van der Waals surface area (Å²) in [4.78, 5) is 12.0. The maximum Gasteiger partial charge on any atom is 0.271 e. The van der Waals surface area contributed by atoms with Crippen LogP contribution in [0.1, 0.15) is 23.3 Å². The minimum Gasteiger partial charge on any atom is -0.350 e. The molecule has 0 aliphatic heterocycles. The SMILES string of the molecule is Cn1nc(C(=O)NCC2CC2)cc1-c1cccc(F)c1. The Labute approximate surface area is 116 Å². The van der Waals surface area contributed by atoms with Gasteiger partial charge in [-0.2, -0.15) is 5.10 Å². The van der Waals surface area contributed by atoms with Crippen molar-refractivity contribution < 1.29 is 9.18 Å². The van der Waals surface area contributed by atoms with Gasteiger partial charge in [-0.05, 0) is 37.0 Å². The highest BCUT2D eigenvalue weighted by Crippen LogP contribution is 2.27. The molecule has 20 heavy (non-hydrogen) atoms. The summed E-state index contributed by atoms with van der Waals surface area (Å²) in [6.07, 6.45) is 2.38. The summed E-state index contributed by atoms with van der Waals surface area (Å²) in [7, 11) is 1.75. The topological polar surface area (TPSA) is 46.9 Å². The van der Waals surface area contributed by atoms with Gasteiger partial charge in [0.1, 0.15) is 5.82 Å². The highest BCUT2D eigenvalue weighted by molar-refractivity contribution is 5.93. The van der Waals surface area contributed by atoms with Crippen LogP contribution < -0.4 is 5.32 Å². The monoisotopic (exact) mass is 273 g/mol. The third kappa shape index (κ3) is 2.71. The molecule has 1 fully saturated rings. The quantitative estimate of drug-likeness (QED) is 0.929. The molecule has 4 nitrogen and oxygen atoms in total. The van der Waals surface area contributed by atoms with E-state index in [1.807, 2.05) is 0 Å². The molecule has 5 heteroatoms. The molecule has 1 aromatic heterocycles. The lowest BCUT2D eigenvalue weighted by molar-refractivity contribution is 0.0946. The molecular formula is C15H16FN3O. The summed E-state index contributed by atoms with van der Waals surface area (Å²) in [5.74, 6) is 0.156. The number of aromatic nitrogens is 2. The smallest absolute Gasteiger partial charge is 0.271 e. The highest BCUT2D eigenvalue weighted by Gasteiger charge is 2.22. The number of benzene rings is 1. The van der Waals surface area contributed by atoms with Crippen LogP contribution in [-0.4, -0.2) is 22.2 Å². The fourth-order valence-corrected chi connectivity index (χ4v) is 2.15. The highest BCUT2D eigenvalue weighted by atomic mass is 19.1. The Balaban J connectivity index is 1.80. The van der Waals surface area contributed by atoms with Crippen LogP contribution in [0.4, 0.5) is 4.39 Å². The van der Waals surface area contributed by atoms with Gasteiger partial charge >= 0.3 is 0 Å². The molecule has 0 atom stereocenters. The molecule has 1 amide bonds.